The van der Waals surface area contributed by atoms with E-state index in [1.807, 2.05) is 18.5 Å². The predicted molar refractivity (Wildman–Crippen MR) is 74.7 cm³/mol. The van der Waals surface area contributed by atoms with Gasteiger partial charge in [-0.1, -0.05) is 0 Å². The van der Waals surface area contributed by atoms with E-state index in [1.165, 1.54) is 4.68 Å². The maximum Gasteiger partial charge on any atom is 0.270 e. The van der Waals surface area contributed by atoms with Crippen LogP contribution in [0.25, 0.3) is 10.6 Å². The van der Waals surface area contributed by atoms with Gasteiger partial charge in [0.2, 0.25) is 0 Å². The molecule has 0 atom stereocenters. The van der Waals surface area contributed by atoms with E-state index in [2.05, 4.69) is 26.3 Å². The second-order valence-corrected chi connectivity index (χ2v) is 5.64. The molecule has 0 aliphatic heterocycles. The van der Waals surface area contributed by atoms with Crippen LogP contribution in [0.1, 0.15) is 5.56 Å². The molecule has 0 aliphatic carbocycles. The summed E-state index contributed by atoms with van der Waals surface area (Å²) in [5.41, 5.74) is 1.83. The zero-order valence-electron chi connectivity index (χ0n) is 9.71. The molecule has 2 aromatic heterocycles. The normalized spacial score (nSPS) is 11.0. The van der Waals surface area contributed by atoms with Gasteiger partial charge in [-0.25, -0.2) is 0 Å². The highest BCUT2D eigenvalue weighted by atomic mass is 79.9. The summed E-state index contributed by atoms with van der Waals surface area (Å²) < 4.78 is 2.58. The fourth-order valence-corrected chi connectivity index (χ4v) is 3.18. The van der Waals surface area contributed by atoms with Crippen LogP contribution in [0.4, 0.5) is 0 Å². The number of hydrogen-bond donors (Lipinski definition) is 2. The first-order chi connectivity index (χ1) is 8.13. The van der Waals surface area contributed by atoms with Crippen LogP contribution in [-0.2, 0) is 13.5 Å². The van der Waals surface area contributed by atoms with E-state index >= 15 is 0 Å². The number of rotatable bonds is 4. The minimum Gasteiger partial charge on any atom is -0.319 e. The summed E-state index contributed by atoms with van der Waals surface area (Å²) in [5.74, 6) is 0. The van der Waals surface area contributed by atoms with E-state index in [0.717, 1.165) is 33.6 Å². The van der Waals surface area contributed by atoms with Gasteiger partial charge in [0.1, 0.15) is 0 Å². The van der Waals surface area contributed by atoms with Gasteiger partial charge >= 0.3 is 0 Å². The first kappa shape index (κ1) is 12.6. The maximum absolute atomic E-state index is 12.0. The average molecular weight is 316 g/mol. The van der Waals surface area contributed by atoms with Gasteiger partial charge in [0, 0.05) is 22.5 Å². The fraction of sp³-hybridized carbons (Fsp3) is 0.364. The third-order valence-corrected chi connectivity index (χ3v) is 4.29. The number of halogens is 1. The van der Waals surface area contributed by atoms with Gasteiger partial charge in [-0.2, -0.15) is 0 Å². The second-order valence-electron chi connectivity index (χ2n) is 3.81. The topological polar surface area (TPSA) is 49.8 Å². The first-order valence-corrected chi connectivity index (χ1v) is 6.97. The number of aryl methyl sites for hydroxylation is 1. The van der Waals surface area contributed by atoms with Crippen LogP contribution >= 0.6 is 27.3 Å². The quantitative estimate of drug-likeness (QED) is 0.906. The molecule has 0 unspecified atom stereocenters. The van der Waals surface area contributed by atoms with Crippen LogP contribution in [0.15, 0.2) is 20.7 Å². The number of likely N-dealkylation sites (N-methyl/N-ethyl adjacent to an activating group) is 1. The Morgan fingerprint density at radius 2 is 2.35 bits per heavy atom. The van der Waals surface area contributed by atoms with Crippen LogP contribution in [0.3, 0.4) is 0 Å². The molecule has 0 radical (unpaired) electrons. The van der Waals surface area contributed by atoms with E-state index in [9.17, 15) is 4.79 Å². The van der Waals surface area contributed by atoms with Crippen molar-refractivity contribution in [3.63, 3.8) is 0 Å². The molecule has 2 aromatic rings. The lowest BCUT2D eigenvalue weighted by molar-refractivity contribution is 0.734. The molecule has 0 bridgehead atoms. The fourth-order valence-electron chi connectivity index (χ4n) is 1.73. The van der Waals surface area contributed by atoms with Crippen LogP contribution < -0.4 is 10.9 Å². The molecule has 0 aliphatic rings. The minimum absolute atomic E-state index is 0.0553. The number of H-pyrrole nitrogens is 1. The SMILES string of the molecule is CNCCc1c(-c2cc(Br)cs2)[nH]n(C)c1=O. The zero-order chi connectivity index (χ0) is 12.4. The van der Waals surface area contributed by atoms with E-state index in [4.69, 9.17) is 0 Å². The first-order valence-electron chi connectivity index (χ1n) is 5.30. The largest absolute Gasteiger partial charge is 0.319 e. The summed E-state index contributed by atoms with van der Waals surface area (Å²) in [7, 11) is 3.63. The van der Waals surface area contributed by atoms with Gasteiger partial charge in [0.05, 0.1) is 10.6 Å². The number of aromatic amines is 1. The van der Waals surface area contributed by atoms with Crippen molar-refractivity contribution in [3.8, 4) is 10.6 Å². The number of nitrogens with one attached hydrogen (secondary N) is 2. The van der Waals surface area contributed by atoms with Gasteiger partial charge in [0.15, 0.2) is 0 Å². The molecule has 2 heterocycles. The molecule has 92 valence electrons. The highest BCUT2D eigenvalue weighted by Gasteiger charge is 2.14. The van der Waals surface area contributed by atoms with E-state index < -0.39 is 0 Å². The Kier molecular flexibility index (Phi) is 3.86. The van der Waals surface area contributed by atoms with Gasteiger partial charge in [-0.15, -0.1) is 11.3 Å². The summed E-state index contributed by atoms with van der Waals surface area (Å²) in [4.78, 5) is 13.1. The molecule has 2 rings (SSSR count). The van der Waals surface area contributed by atoms with Gasteiger partial charge in [0.25, 0.3) is 5.56 Å². The Labute approximate surface area is 112 Å². The number of nitrogens with zero attached hydrogens (tertiary/aromatic N) is 1. The van der Waals surface area contributed by atoms with Crippen molar-refractivity contribution >= 4 is 27.3 Å². The summed E-state index contributed by atoms with van der Waals surface area (Å²) in [6.07, 6.45) is 0.734. The number of aromatic nitrogens is 2. The van der Waals surface area contributed by atoms with E-state index in [0.29, 0.717) is 0 Å². The van der Waals surface area contributed by atoms with Crippen LogP contribution in [0, 0.1) is 0 Å². The van der Waals surface area contributed by atoms with Crippen molar-refractivity contribution in [2.45, 2.75) is 6.42 Å². The lowest BCUT2D eigenvalue weighted by Crippen LogP contribution is -2.19. The molecule has 0 fully saturated rings. The standard InChI is InChI=1S/C11H14BrN3OS/c1-13-4-3-8-10(14-15(2)11(8)16)9-5-7(12)6-17-9/h5-6,13-14H,3-4H2,1-2H3. The molecule has 0 aromatic carbocycles. The van der Waals surface area contributed by atoms with Crippen molar-refractivity contribution < 1.29 is 0 Å². The molecule has 6 heteroatoms. The van der Waals surface area contributed by atoms with Crippen LogP contribution in [0.5, 0.6) is 0 Å². The molecular formula is C11H14BrN3OS. The molecule has 0 amide bonds. The van der Waals surface area contributed by atoms with Gasteiger partial charge < -0.3 is 5.32 Å². The molecule has 4 nitrogen and oxygen atoms in total. The maximum atomic E-state index is 12.0. The Morgan fingerprint density at radius 1 is 1.59 bits per heavy atom. The summed E-state index contributed by atoms with van der Waals surface area (Å²) in [6.45, 7) is 0.798. The average Bonchev–Trinajstić information content (AvgIpc) is 2.83. The second kappa shape index (κ2) is 5.20. The van der Waals surface area contributed by atoms with Crippen molar-refractivity contribution in [2.24, 2.45) is 7.05 Å². The summed E-state index contributed by atoms with van der Waals surface area (Å²) in [5, 5.41) is 8.20. The third kappa shape index (κ3) is 2.53. The van der Waals surface area contributed by atoms with Crippen LogP contribution in [0.2, 0.25) is 0 Å². The Bertz CT molecular complexity index is 570. The lowest BCUT2D eigenvalue weighted by Gasteiger charge is -1.99. The molecule has 17 heavy (non-hydrogen) atoms. The Balaban J connectivity index is 2.46. The molecule has 0 saturated carbocycles. The van der Waals surface area contributed by atoms with Crippen molar-refractivity contribution in [3.05, 3.63) is 31.8 Å². The zero-order valence-corrected chi connectivity index (χ0v) is 12.1. The number of hydrogen-bond acceptors (Lipinski definition) is 3. The Hall–Kier alpha value is -0.850. The molecule has 0 saturated heterocycles. The van der Waals surface area contributed by atoms with Crippen LogP contribution in [-0.4, -0.2) is 23.4 Å². The highest BCUT2D eigenvalue weighted by molar-refractivity contribution is 9.10. The predicted octanol–water partition coefficient (Wildman–Crippen LogP) is 1.97. The molecular weight excluding hydrogens is 302 g/mol. The van der Waals surface area contributed by atoms with Crippen molar-refractivity contribution in [1.29, 1.82) is 0 Å². The monoisotopic (exact) mass is 315 g/mol. The molecule has 2 N–H and O–H groups in total. The number of thiophene rings is 1. The highest BCUT2D eigenvalue weighted by Crippen LogP contribution is 2.29. The van der Waals surface area contributed by atoms with Gasteiger partial charge in [-0.05, 0) is 42.0 Å². The Morgan fingerprint density at radius 3 is 2.94 bits per heavy atom. The van der Waals surface area contributed by atoms with E-state index in [1.54, 1.807) is 18.4 Å². The minimum atomic E-state index is 0.0553. The lowest BCUT2D eigenvalue weighted by atomic mass is 10.1. The molecule has 0 spiro atoms. The summed E-state index contributed by atoms with van der Waals surface area (Å²) >= 11 is 5.05. The van der Waals surface area contributed by atoms with E-state index in [-0.39, 0.29) is 5.56 Å². The van der Waals surface area contributed by atoms with Gasteiger partial charge in [-0.3, -0.25) is 14.6 Å². The summed E-state index contributed by atoms with van der Waals surface area (Å²) in [6, 6.07) is 2.03. The third-order valence-electron chi connectivity index (χ3n) is 2.58. The smallest absolute Gasteiger partial charge is 0.270 e. The van der Waals surface area contributed by atoms with Crippen molar-refractivity contribution in [2.75, 3.05) is 13.6 Å². The van der Waals surface area contributed by atoms with Crippen molar-refractivity contribution in [1.82, 2.24) is 15.1 Å².